The van der Waals surface area contributed by atoms with Crippen molar-refractivity contribution < 1.29 is 27.4 Å². The molecule has 1 heterocycles. The third-order valence-corrected chi connectivity index (χ3v) is 5.06. The van der Waals surface area contributed by atoms with E-state index in [0.29, 0.717) is 12.8 Å². The maximum Gasteiger partial charge on any atom is 0.344 e. The zero-order chi connectivity index (χ0) is 17.3. The van der Waals surface area contributed by atoms with Crippen molar-refractivity contribution in [3.05, 3.63) is 53.8 Å². The summed E-state index contributed by atoms with van der Waals surface area (Å²) in [7, 11) is -3.95. The van der Waals surface area contributed by atoms with E-state index >= 15 is 0 Å². The summed E-state index contributed by atoms with van der Waals surface area (Å²) in [5.74, 6) is -1.43. The zero-order valence-electron chi connectivity index (χ0n) is 12.4. The average Bonchev–Trinajstić information content (AvgIpc) is 2.55. The van der Waals surface area contributed by atoms with Crippen LogP contribution in [0.4, 0.5) is 10.1 Å². The lowest BCUT2D eigenvalue weighted by atomic mass is 10.0. The van der Waals surface area contributed by atoms with Crippen LogP contribution in [0.15, 0.2) is 47.4 Å². The van der Waals surface area contributed by atoms with Crippen LogP contribution in [0.5, 0.6) is 5.75 Å². The van der Waals surface area contributed by atoms with Gasteiger partial charge in [-0.15, -0.1) is 0 Å². The molecular weight excluding hydrogens is 337 g/mol. The van der Waals surface area contributed by atoms with Gasteiger partial charge in [0.2, 0.25) is 0 Å². The average molecular weight is 351 g/mol. The number of nitrogens with one attached hydrogen (secondary N) is 1. The van der Waals surface area contributed by atoms with Gasteiger partial charge in [-0.1, -0.05) is 12.1 Å². The van der Waals surface area contributed by atoms with Crippen LogP contribution >= 0.6 is 0 Å². The van der Waals surface area contributed by atoms with Crippen molar-refractivity contribution in [2.75, 3.05) is 4.72 Å². The molecule has 1 aliphatic heterocycles. The van der Waals surface area contributed by atoms with Crippen LogP contribution in [-0.2, 0) is 21.2 Å². The van der Waals surface area contributed by atoms with E-state index in [0.717, 1.165) is 29.8 Å². The van der Waals surface area contributed by atoms with Gasteiger partial charge in [-0.3, -0.25) is 4.72 Å². The molecule has 1 unspecified atom stereocenters. The van der Waals surface area contributed by atoms with Crippen LogP contribution < -0.4 is 9.46 Å². The Bertz CT molecular complexity index is 880. The molecule has 126 valence electrons. The van der Waals surface area contributed by atoms with Gasteiger partial charge in [-0.25, -0.2) is 17.6 Å². The number of hydrogen-bond acceptors (Lipinski definition) is 4. The summed E-state index contributed by atoms with van der Waals surface area (Å²) in [5, 5.41) is 9.09. The first kappa shape index (κ1) is 16.3. The molecule has 2 aromatic rings. The number of para-hydroxylation sites is 1. The monoisotopic (exact) mass is 351 g/mol. The number of anilines is 1. The second-order valence-corrected chi connectivity index (χ2v) is 7.02. The normalized spacial score (nSPS) is 16.8. The Morgan fingerprint density at radius 3 is 2.58 bits per heavy atom. The van der Waals surface area contributed by atoms with Gasteiger partial charge in [0.15, 0.2) is 6.10 Å². The number of aryl methyl sites for hydroxylation is 1. The van der Waals surface area contributed by atoms with Crippen molar-refractivity contribution in [2.45, 2.75) is 23.8 Å². The second kappa shape index (κ2) is 6.12. The predicted octanol–water partition coefficient (Wildman–Crippen LogP) is 2.40. The Hall–Kier alpha value is -2.61. The van der Waals surface area contributed by atoms with Crippen LogP contribution in [0.1, 0.15) is 12.0 Å². The number of rotatable bonds is 4. The van der Waals surface area contributed by atoms with Gasteiger partial charge >= 0.3 is 5.97 Å². The van der Waals surface area contributed by atoms with Crippen LogP contribution in [0.2, 0.25) is 0 Å². The van der Waals surface area contributed by atoms with Crippen molar-refractivity contribution in [1.82, 2.24) is 0 Å². The summed E-state index contributed by atoms with van der Waals surface area (Å²) in [6.07, 6.45) is -0.233. The minimum absolute atomic E-state index is 0.105. The van der Waals surface area contributed by atoms with E-state index in [1.54, 1.807) is 12.1 Å². The molecule has 24 heavy (non-hydrogen) atoms. The van der Waals surface area contributed by atoms with Gasteiger partial charge in [0.1, 0.15) is 11.6 Å². The fourth-order valence-electron chi connectivity index (χ4n) is 2.48. The summed E-state index contributed by atoms with van der Waals surface area (Å²) in [6, 6.07) is 9.29. The lowest BCUT2D eigenvalue weighted by Crippen LogP contribution is -2.31. The molecule has 0 amide bonds. The van der Waals surface area contributed by atoms with Crippen LogP contribution in [0, 0.1) is 5.82 Å². The quantitative estimate of drug-likeness (QED) is 0.882. The topological polar surface area (TPSA) is 92.7 Å². The molecule has 8 heteroatoms. The summed E-state index contributed by atoms with van der Waals surface area (Å²) >= 11 is 0. The number of aliphatic carboxylic acids is 1. The molecule has 3 rings (SSSR count). The van der Waals surface area contributed by atoms with Gasteiger partial charge in [0.25, 0.3) is 10.0 Å². The first-order valence-electron chi connectivity index (χ1n) is 7.16. The third kappa shape index (κ3) is 3.18. The molecule has 1 aliphatic rings. The summed E-state index contributed by atoms with van der Waals surface area (Å²) in [4.78, 5) is 11.0. The molecule has 2 aromatic carbocycles. The number of carboxylic acids is 1. The van der Waals surface area contributed by atoms with Gasteiger partial charge < -0.3 is 9.84 Å². The molecule has 0 saturated heterocycles. The Morgan fingerprint density at radius 1 is 1.21 bits per heavy atom. The summed E-state index contributed by atoms with van der Waals surface area (Å²) in [6.45, 7) is 0. The van der Waals surface area contributed by atoms with Crippen molar-refractivity contribution >= 4 is 21.7 Å². The Balaban J connectivity index is 1.94. The number of hydrogen-bond donors (Lipinski definition) is 2. The third-order valence-electron chi connectivity index (χ3n) is 3.68. The highest BCUT2D eigenvalue weighted by molar-refractivity contribution is 7.92. The van der Waals surface area contributed by atoms with Crippen LogP contribution in [0.25, 0.3) is 0 Å². The van der Waals surface area contributed by atoms with E-state index in [1.165, 1.54) is 6.07 Å². The highest BCUT2D eigenvalue weighted by atomic mass is 32.2. The summed E-state index contributed by atoms with van der Waals surface area (Å²) < 4.78 is 45.6. The molecule has 0 saturated carbocycles. The SMILES string of the molecule is O=C(O)C1CCc2cccc(NS(=O)(=O)c3ccc(F)cc3)c2O1. The lowest BCUT2D eigenvalue weighted by Gasteiger charge is -2.25. The van der Waals surface area contributed by atoms with Gasteiger partial charge in [-0.2, -0.15) is 0 Å². The minimum atomic E-state index is -3.95. The fraction of sp³-hybridized carbons (Fsp3) is 0.188. The maximum atomic E-state index is 13.0. The number of halogens is 1. The van der Waals surface area contributed by atoms with E-state index in [1.807, 2.05) is 0 Å². The van der Waals surface area contributed by atoms with Crippen molar-refractivity contribution in [2.24, 2.45) is 0 Å². The molecule has 1 atom stereocenters. The van der Waals surface area contributed by atoms with E-state index in [-0.39, 0.29) is 16.3 Å². The Morgan fingerprint density at radius 2 is 1.92 bits per heavy atom. The summed E-state index contributed by atoms with van der Waals surface area (Å²) in [5.41, 5.74) is 0.884. The number of carboxylic acid groups (broad SMARTS) is 1. The first-order valence-corrected chi connectivity index (χ1v) is 8.65. The Labute approximate surface area is 137 Å². The zero-order valence-corrected chi connectivity index (χ0v) is 13.2. The highest BCUT2D eigenvalue weighted by Gasteiger charge is 2.28. The molecule has 0 aliphatic carbocycles. The van der Waals surface area contributed by atoms with E-state index in [2.05, 4.69) is 4.72 Å². The van der Waals surface area contributed by atoms with Gasteiger partial charge in [-0.05, 0) is 48.7 Å². The lowest BCUT2D eigenvalue weighted by molar-refractivity contribution is -0.145. The molecule has 0 bridgehead atoms. The maximum absolute atomic E-state index is 13.0. The van der Waals surface area contributed by atoms with E-state index in [4.69, 9.17) is 9.84 Å². The number of benzene rings is 2. The molecule has 0 spiro atoms. The number of fused-ring (bicyclic) bond motifs is 1. The number of sulfonamides is 1. The van der Waals surface area contributed by atoms with Gasteiger partial charge in [0, 0.05) is 0 Å². The van der Waals surface area contributed by atoms with Crippen LogP contribution in [0.3, 0.4) is 0 Å². The van der Waals surface area contributed by atoms with Crippen molar-refractivity contribution in [3.63, 3.8) is 0 Å². The number of carbonyl (C=O) groups is 1. The smallest absolute Gasteiger partial charge is 0.344 e. The highest BCUT2D eigenvalue weighted by Crippen LogP contribution is 2.36. The predicted molar refractivity (Wildman–Crippen MR) is 84.0 cm³/mol. The standard InChI is InChI=1S/C16H14FNO5S/c17-11-5-7-12(8-6-11)24(21,22)18-13-3-1-2-10-4-9-14(16(19)20)23-15(10)13/h1-3,5-8,14,18H,4,9H2,(H,19,20). The second-order valence-electron chi connectivity index (χ2n) is 5.34. The molecule has 0 aromatic heterocycles. The fourth-order valence-corrected chi connectivity index (χ4v) is 3.54. The molecule has 0 fully saturated rings. The van der Waals surface area contributed by atoms with E-state index in [9.17, 15) is 17.6 Å². The first-order chi connectivity index (χ1) is 11.4. The molecule has 2 N–H and O–H groups in total. The Kier molecular flexibility index (Phi) is 4.15. The minimum Gasteiger partial charge on any atom is -0.479 e. The van der Waals surface area contributed by atoms with Crippen LogP contribution in [-0.4, -0.2) is 25.6 Å². The van der Waals surface area contributed by atoms with Crippen molar-refractivity contribution in [1.29, 1.82) is 0 Å². The largest absolute Gasteiger partial charge is 0.479 e. The molecular formula is C16H14FNO5S. The van der Waals surface area contributed by atoms with E-state index < -0.39 is 27.9 Å². The van der Waals surface area contributed by atoms with Crippen molar-refractivity contribution in [3.8, 4) is 5.75 Å². The number of ether oxygens (including phenoxy) is 1. The molecule has 0 radical (unpaired) electrons. The molecule has 6 nitrogen and oxygen atoms in total. The van der Waals surface area contributed by atoms with Gasteiger partial charge in [0.05, 0.1) is 10.6 Å².